The number of carbonyl (C=O) groups excluding carboxylic acids is 2. The Kier molecular flexibility index (Phi) is 4.76. The van der Waals surface area contributed by atoms with E-state index in [4.69, 9.17) is 5.73 Å². The highest BCUT2D eigenvalue weighted by Crippen LogP contribution is 2.26. The Balaban J connectivity index is 1.92. The highest BCUT2D eigenvalue weighted by Gasteiger charge is 2.25. The SMILES string of the molecule is Nc1ccc(N(C(=O)C(=O)Nc2ccccc2)c2ccccc2)cc1. The molecule has 0 aliphatic rings. The largest absolute Gasteiger partial charge is 0.399 e. The molecule has 0 aliphatic heterocycles. The third kappa shape index (κ3) is 3.84. The molecule has 5 nitrogen and oxygen atoms in total. The molecule has 0 heterocycles. The lowest BCUT2D eigenvalue weighted by molar-refractivity contribution is -0.134. The van der Waals surface area contributed by atoms with E-state index in [1.165, 1.54) is 4.90 Å². The molecule has 0 radical (unpaired) electrons. The maximum absolute atomic E-state index is 12.8. The summed E-state index contributed by atoms with van der Waals surface area (Å²) >= 11 is 0. The molecule has 3 aromatic rings. The highest BCUT2D eigenvalue weighted by atomic mass is 16.2. The first-order chi connectivity index (χ1) is 12.1. The van der Waals surface area contributed by atoms with Crippen LogP contribution in [-0.4, -0.2) is 11.8 Å². The van der Waals surface area contributed by atoms with Crippen molar-refractivity contribution in [2.45, 2.75) is 0 Å². The topological polar surface area (TPSA) is 75.4 Å². The molecule has 0 fully saturated rings. The molecule has 124 valence electrons. The summed E-state index contributed by atoms with van der Waals surface area (Å²) in [5.41, 5.74) is 8.02. The molecule has 25 heavy (non-hydrogen) atoms. The average Bonchev–Trinajstić information content (AvgIpc) is 2.65. The summed E-state index contributed by atoms with van der Waals surface area (Å²) in [5.74, 6) is -1.40. The molecule has 0 aliphatic carbocycles. The molecule has 3 rings (SSSR count). The Hall–Kier alpha value is -3.60. The zero-order valence-electron chi connectivity index (χ0n) is 13.4. The molecule has 0 bridgehead atoms. The lowest BCUT2D eigenvalue weighted by Crippen LogP contribution is -2.36. The summed E-state index contributed by atoms with van der Waals surface area (Å²) < 4.78 is 0. The van der Waals surface area contributed by atoms with Gasteiger partial charge >= 0.3 is 11.8 Å². The Labute approximate surface area is 145 Å². The number of para-hydroxylation sites is 2. The second-order valence-electron chi connectivity index (χ2n) is 5.39. The molecule has 0 saturated carbocycles. The Bertz CT molecular complexity index is 862. The summed E-state index contributed by atoms with van der Waals surface area (Å²) in [7, 11) is 0. The third-order valence-corrected chi connectivity index (χ3v) is 3.59. The van der Waals surface area contributed by atoms with E-state index in [2.05, 4.69) is 5.32 Å². The first-order valence-corrected chi connectivity index (χ1v) is 7.76. The van der Waals surface area contributed by atoms with Gasteiger partial charge in [-0.1, -0.05) is 36.4 Å². The molecule has 0 unspecified atom stereocenters. The third-order valence-electron chi connectivity index (χ3n) is 3.59. The van der Waals surface area contributed by atoms with Crippen molar-refractivity contribution in [1.82, 2.24) is 0 Å². The summed E-state index contributed by atoms with van der Waals surface area (Å²) in [4.78, 5) is 26.6. The predicted octanol–water partition coefficient (Wildman–Crippen LogP) is 3.57. The van der Waals surface area contributed by atoms with Gasteiger partial charge in [-0.2, -0.15) is 0 Å². The van der Waals surface area contributed by atoms with Crippen molar-refractivity contribution in [2.75, 3.05) is 16.0 Å². The van der Waals surface area contributed by atoms with Crippen LogP contribution in [0.5, 0.6) is 0 Å². The first kappa shape index (κ1) is 16.3. The van der Waals surface area contributed by atoms with Gasteiger partial charge in [0.15, 0.2) is 0 Å². The van der Waals surface area contributed by atoms with Crippen molar-refractivity contribution < 1.29 is 9.59 Å². The minimum Gasteiger partial charge on any atom is -0.399 e. The Morgan fingerprint density at radius 2 is 1.24 bits per heavy atom. The van der Waals surface area contributed by atoms with Crippen LogP contribution in [-0.2, 0) is 9.59 Å². The van der Waals surface area contributed by atoms with E-state index < -0.39 is 11.8 Å². The van der Waals surface area contributed by atoms with Crippen LogP contribution in [0, 0.1) is 0 Å². The number of anilines is 4. The standard InChI is InChI=1S/C20H17N3O2/c21-15-11-13-18(14-12-15)23(17-9-5-2-6-10-17)20(25)19(24)22-16-7-3-1-4-8-16/h1-14H,21H2,(H,22,24). The molecule has 5 heteroatoms. The number of hydrogen-bond acceptors (Lipinski definition) is 3. The maximum Gasteiger partial charge on any atom is 0.321 e. The Morgan fingerprint density at radius 1 is 0.720 bits per heavy atom. The monoisotopic (exact) mass is 331 g/mol. The van der Waals surface area contributed by atoms with E-state index in [0.29, 0.717) is 22.7 Å². The number of benzene rings is 3. The number of nitrogen functional groups attached to an aromatic ring is 1. The summed E-state index contributed by atoms with van der Waals surface area (Å²) in [6.07, 6.45) is 0. The number of amides is 2. The number of nitrogens with zero attached hydrogens (tertiary/aromatic N) is 1. The van der Waals surface area contributed by atoms with Crippen LogP contribution < -0.4 is 16.0 Å². The van der Waals surface area contributed by atoms with Crippen molar-refractivity contribution in [3.8, 4) is 0 Å². The highest BCUT2D eigenvalue weighted by molar-refractivity contribution is 6.45. The number of carbonyl (C=O) groups is 2. The lowest BCUT2D eigenvalue weighted by Gasteiger charge is -2.22. The van der Waals surface area contributed by atoms with Crippen LogP contribution in [0.1, 0.15) is 0 Å². The molecular weight excluding hydrogens is 314 g/mol. The fourth-order valence-electron chi connectivity index (χ4n) is 2.39. The van der Waals surface area contributed by atoms with Crippen LogP contribution in [0.4, 0.5) is 22.7 Å². The van der Waals surface area contributed by atoms with Gasteiger partial charge < -0.3 is 11.1 Å². The van der Waals surface area contributed by atoms with Gasteiger partial charge in [-0.25, -0.2) is 0 Å². The second-order valence-corrected chi connectivity index (χ2v) is 5.39. The van der Waals surface area contributed by atoms with Crippen LogP contribution in [0.15, 0.2) is 84.9 Å². The van der Waals surface area contributed by atoms with Gasteiger partial charge in [-0.15, -0.1) is 0 Å². The first-order valence-electron chi connectivity index (χ1n) is 7.76. The van der Waals surface area contributed by atoms with Gasteiger partial charge in [-0.05, 0) is 48.5 Å². The molecule has 0 aromatic heterocycles. The van der Waals surface area contributed by atoms with E-state index >= 15 is 0 Å². The van der Waals surface area contributed by atoms with Crippen LogP contribution in [0.3, 0.4) is 0 Å². The molecule has 0 spiro atoms. The quantitative estimate of drug-likeness (QED) is 0.569. The smallest absolute Gasteiger partial charge is 0.321 e. The van der Waals surface area contributed by atoms with E-state index in [1.807, 2.05) is 24.3 Å². The number of rotatable bonds is 3. The second kappa shape index (κ2) is 7.31. The van der Waals surface area contributed by atoms with Crippen molar-refractivity contribution in [2.24, 2.45) is 0 Å². The zero-order valence-corrected chi connectivity index (χ0v) is 13.4. The molecular formula is C20H17N3O2. The van der Waals surface area contributed by atoms with Crippen LogP contribution in [0.25, 0.3) is 0 Å². The number of hydrogen-bond donors (Lipinski definition) is 2. The van der Waals surface area contributed by atoms with Crippen molar-refractivity contribution >= 4 is 34.6 Å². The molecule has 0 saturated heterocycles. The van der Waals surface area contributed by atoms with E-state index in [9.17, 15) is 9.59 Å². The molecule has 3 N–H and O–H groups in total. The summed E-state index contributed by atoms with van der Waals surface area (Å²) in [5, 5.41) is 2.62. The Morgan fingerprint density at radius 3 is 1.84 bits per heavy atom. The fraction of sp³-hybridized carbons (Fsp3) is 0. The normalized spacial score (nSPS) is 10.1. The molecule has 0 atom stereocenters. The van der Waals surface area contributed by atoms with Crippen LogP contribution >= 0.6 is 0 Å². The van der Waals surface area contributed by atoms with Crippen molar-refractivity contribution in [3.05, 3.63) is 84.9 Å². The van der Waals surface area contributed by atoms with Gasteiger partial charge in [0.1, 0.15) is 0 Å². The van der Waals surface area contributed by atoms with Gasteiger partial charge in [0.05, 0.1) is 0 Å². The minimum atomic E-state index is -0.716. The number of nitrogens with two attached hydrogens (primary N) is 1. The molecule has 3 aromatic carbocycles. The zero-order chi connectivity index (χ0) is 17.6. The number of nitrogens with one attached hydrogen (secondary N) is 1. The van der Waals surface area contributed by atoms with Crippen molar-refractivity contribution in [1.29, 1.82) is 0 Å². The minimum absolute atomic E-state index is 0.561. The maximum atomic E-state index is 12.8. The average molecular weight is 331 g/mol. The van der Waals surface area contributed by atoms with Crippen LogP contribution in [0.2, 0.25) is 0 Å². The summed E-state index contributed by atoms with van der Waals surface area (Å²) in [6, 6.07) is 24.6. The fourth-order valence-corrected chi connectivity index (χ4v) is 2.39. The van der Waals surface area contributed by atoms with E-state index in [1.54, 1.807) is 60.7 Å². The lowest BCUT2D eigenvalue weighted by atomic mass is 10.2. The van der Waals surface area contributed by atoms with Gasteiger partial charge in [0, 0.05) is 22.7 Å². The summed E-state index contributed by atoms with van der Waals surface area (Å²) in [6.45, 7) is 0. The van der Waals surface area contributed by atoms with Crippen molar-refractivity contribution in [3.63, 3.8) is 0 Å². The van der Waals surface area contributed by atoms with Gasteiger partial charge in [-0.3, -0.25) is 14.5 Å². The van der Waals surface area contributed by atoms with E-state index in [-0.39, 0.29) is 0 Å². The molecule has 2 amide bonds. The van der Waals surface area contributed by atoms with E-state index in [0.717, 1.165) is 0 Å². The predicted molar refractivity (Wildman–Crippen MR) is 99.5 cm³/mol. The van der Waals surface area contributed by atoms with Gasteiger partial charge in [0.2, 0.25) is 0 Å². The van der Waals surface area contributed by atoms with Gasteiger partial charge in [0.25, 0.3) is 0 Å².